The standard InChI is InChI=1S/C8H10FN.3CO.Cr/c1-10(2)8-5-3-7(9)4-6-8;3*1-2;/h3-6H,1-2H3;;;;. The van der Waals surface area contributed by atoms with Gasteiger partial charge in [-0.1, -0.05) is 0 Å². The summed E-state index contributed by atoms with van der Waals surface area (Å²) in [6.45, 7) is 13.5. The van der Waals surface area contributed by atoms with E-state index in [0.717, 1.165) is 5.69 Å². The van der Waals surface area contributed by atoms with Crippen LogP contribution < -0.4 is 4.90 Å². The van der Waals surface area contributed by atoms with Gasteiger partial charge < -0.3 is 4.90 Å². The number of halogens is 1. The average molecular weight is 275 g/mol. The zero-order valence-electron chi connectivity index (χ0n) is 9.27. The Labute approximate surface area is 111 Å². The first-order chi connectivity index (χ1) is 7.70. The molecule has 0 aliphatic carbocycles. The van der Waals surface area contributed by atoms with Crippen molar-refractivity contribution >= 4 is 5.69 Å². The van der Waals surface area contributed by atoms with Crippen LogP contribution in [0, 0.1) is 25.8 Å². The predicted octanol–water partition coefficient (Wildman–Crippen LogP) is 1.78. The third-order valence-corrected chi connectivity index (χ3v) is 1.34. The number of anilines is 1. The Bertz CT molecular complexity index is 305. The normalized spacial score (nSPS) is 5.94. The van der Waals surface area contributed by atoms with Gasteiger partial charge in [-0.3, -0.25) is 0 Å². The maximum Gasteiger partial charge on any atom is 0 e. The summed E-state index contributed by atoms with van der Waals surface area (Å²) in [5.41, 5.74) is 1.02. The Morgan fingerprint density at radius 3 is 1.41 bits per heavy atom. The van der Waals surface area contributed by atoms with Gasteiger partial charge in [-0.2, -0.15) is 0 Å². The number of benzene rings is 1. The maximum absolute atomic E-state index is 12.3. The van der Waals surface area contributed by atoms with Gasteiger partial charge in [-0.05, 0) is 24.3 Å². The van der Waals surface area contributed by atoms with Gasteiger partial charge in [0.2, 0.25) is 0 Å². The minimum Gasteiger partial charge on any atom is 0 e. The first-order valence-electron chi connectivity index (χ1n) is 3.74. The van der Waals surface area contributed by atoms with Crippen molar-refractivity contribution < 1.29 is 35.7 Å². The summed E-state index contributed by atoms with van der Waals surface area (Å²) < 4.78 is 34.8. The molecule has 17 heavy (non-hydrogen) atoms. The van der Waals surface area contributed by atoms with E-state index in [1.165, 1.54) is 12.1 Å². The fraction of sp³-hybridized carbons (Fsp3) is 0.182. The molecule has 0 aromatic heterocycles. The molecule has 0 radical (unpaired) electrons. The Morgan fingerprint density at radius 2 is 1.18 bits per heavy atom. The van der Waals surface area contributed by atoms with Crippen molar-refractivity contribution in [3.8, 4) is 0 Å². The van der Waals surface area contributed by atoms with Gasteiger partial charge >= 0.3 is 33.9 Å². The van der Waals surface area contributed by atoms with Gasteiger partial charge in [0, 0.05) is 37.1 Å². The molecule has 0 bridgehead atoms. The Balaban J connectivity index is -0.000000106. The smallest absolute Gasteiger partial charge is 0 e. The van der Waals surface area contributed by atoms with Gasteiger partial charge in [0.1, 0.15) is 5.82 Å². The predicted molar refractivity (Wildman–Crippen MR) is 52.5 cm³/mol. The quantitative estimate of drug-likeness (QED) is 0.569. The molecule has 0 unspecified atom stereocenters. The number of hydrogen-bond donors (Lipinski definition) is 0. The molecule has 1 aromatic carbocycles. The maximum atomic E-state index is 12.3. The minimum absolute atomic E-state index is 0. The van der Waals surface area contributed by atoms with Crippen molar-refractivity contribution in [2.24, 2.45) is 0 Å². The Hall–Kier alpha value is -1.30. The van der Waals surface area contributed by atoms with E-state index >= 15 is 0 Å². The molecule has 0 saturated heterocycles. The van der Waals surface area contributed by atoms with Crippen molar-refractivity contribution in [2.75, 3.05) is 19.0 Å². The zero-order chi connectivity index (χ0) is 13.6. The molecule has 0 fully saturated rings. The van der Waals surface area contributed by atoms with Gasteiger partial charge in [-0.15, -0.1) is 0 Å². The van der Waals surface area contributed by atoms with Crippen molar-refractivity contribution in [3.05, 3.63) is 50.0 Å². The Kier molecular flexibility index (Phi) is 29.4. The van der Waals surface area contributed by atoms with Crippen LogP contribution in [-0.2, 0) is 31.3 Å². The van der Waals surface area contributed by atoms with Crippen LogP contribution in [0.4, 0.5) is 10.1 Å². The summed E-state index contributed by atoms with van der Waals surface area (Å²) in [6.07, 6.45) is 0. The summed E-state index contributed by atoms with van der Waals surface area (Å²) in [7, 11) is 3.85. The van der Waals surface area contributed by atoms with E-state index in [9.17, 15) is 4.39 Å². The number of hydrogen-bond acceptors (Lipinski definition) is 1. The SMILES string of the molecule is CN(C)c1ccc(F)cc1.[C-]#[O+].[C-]#[O+].[C-]#[O+].[Cr]. The van der Waals surface area contributed by atoms with E-state index in [0.29, 0.717) is 0 Å². The Morgan fingerprint density at radius 1 is 0.882 bits per heavy atom. The van der Waals surface area contributed by atoms with E-state index in [4.69, 9.17) is 14.0 Å². The number of nitrogens with zero attached hydrogens (tertiary/aromatic N) is 1. The van der Waals surface area contributed by atoms with Crippen molar-refractivity contribution in [2.45, 2.75) is 0 Å². The van der Waals surface area contributed by atoms with Crippen LogP contribution in [0.15, 0.2) is 24.3 Å². The van der Waals surface area contributed by atoms with E-state index in [1.807, 2.05) is 19.0 Å². The third kappa shape index (κ3) is 14.7. The van der Waals surface area contributed by atoms with Crippen LogP contribution in [0.25, 0.3) is 0 Å². The van der Waals surface area contributed by atoms with Gasteiger partial charge in [0.25, 0.3) is 0 Å². The molecule has 0 spiro atoms. The summed E-state index contributed by atoms with van der Waals surface area (Å²) in [4.78, 5) is 1.93. The molecule has 0 amide bonds. The van der Waals surface area contributed by atoms with Crippen LogP contribution in [0.1, 0.15) is 0 Å². The molecule has 4 nitrogen and oxygen atoms in total. The molecular formula is C11H10CrFNO3. The second-order valence-corrected chi connectivity index (χ2v) is 2.37. The average Bonchev–Trinajstić information content (AvgIpc) is 2.37. The molecule has 1 aromatic rings. The van der Waals surface area contributed by atoms with E-state index < -0.39 is 0 Å². The molecule has 0 heterocycles. The molecule has 0 atom stereocenters. The van der Waals surface area contributed by atoms with Crippen molar-refractivity contribution in [3.63, 3.8) is 0 Å². The molecule has 0 aliphatic heterocycles. The monoisotopic (exact) mass is 275 g/mol. The topological polar surface area (TPSA) is 62.9 Å². The van der Waals surface area contributed by atoms with Crippen LogP contribution in [-0.4, -0.2) is 14.1 Å². The van der Waals surface area contributed by atoms with Gasteiger partial charge in [-0.25, -0.2) is 4.39 Å². The van der Waals surface area contributed by atoms with Crippen LogP contribution >= 0.6 is 0 Å². The molecule has 1 rings (SSSR count). The first kappa shape index (κ1) is 24.8. The summed E-state index contributed by atoms with van der Waals surface area (Å²) in [5, 5.41) is 0. The minimum atomic E-state index is -0.189. The molecule has 0 aliphatic rings. The summed E-state index contributed by atoms with van der Waals surface area (Å²) in [6, 6.07) is 6.40. The van der Waals surface area contributed by atoms with Crippen molar-refractivity contribution in [1.82, 2.24) is 0 Å². The molecule has 6 heteroatoms. The first-order valence-corrected chi connectivity index (χ1v) is 3.74. The second-order valence-electron chi connectivity index (χ2n) is 2.37. The largest absolute Gasteiger partial charge is 0 e. The molecule has 0 saturated carbocycles. The van der Waals surface area contributed by atoms with Gasteiger partial charge in [0.15, 0.2) is 0 Å². The van der Waals surface area contributed by atoms with E-state index in [-0.39, 0.29) is 23.2 Å². The fourth-order valence-electron chi connectivity index (χ4n) is 0.739. The molecular weight excluding hydrogens is 265 g/mol. The van der Waals surface area contributed by atoms with Gasteiger partial charge in [0.05, 0.1) is 0 Å². The van der Waals surface area contributed by atoms with Crippen LogP contribution in [0.2, 0.25) is 0 Å². The number of rotatable bonds is 1. The second kappa shape index (κ2) is 20.2. The zero-order valence-corrected chi connectivity index (χ0v) is 10.5. The summed E-state index contributed by atoms with van der Waals surface area (Å²) in [5.74, 6) is -0.189. The van der Waals surface area contributed by atoms with E-state index in [1.54, 1.807) is 12.1 Å². The molecule has 90 valence electrons. The van der Waals surface area contributed by atoms with Crippen LogP contribution in [0.5, 0.6) is 0 Å². The summed E-state index contributed by atoms with van der Waals surface area (Å²) >= 11 is 0. The third-order valence-electron chi connectivity index (χ3n) is 1.34. The van der Waals surface area contributed by atoms with Crippen molar-refractivity contribution in [1.29, 1.82) is 0 Å². The van der Waals surface area contributed by atoms with Crippen LogP contribution in [0.3, 0.4) is 0 Å². The molecule has 0 N–H and O–H groups in total. The fourth-order valence-corrected chi connectivity index (χ4v) is 0.739. The van der Waals surface area contributed by atoms with E-state index in [2.05, 4.69) is 20.0 Å².